The molecule has 0 saturated carbocycles. The molecule has 0 bridgehead atoms. The number of aliphatic hydroxyl groups excluding tert-OH is 3. The molecule has 2 rings (SSSR count). The molecule has 1 aliphatic rings. The second-order valence-electron chi connectivity index (χ2n) is 6.32. The molecule has 4 N–H and O–H groups in total. The molecule has 1 aliphatic heterocycles. The van der Waals surface area contributed by atoms with Crippen LogP contribution in [0.2, 0.25) is 0 Å². The number of hydrogen-bond acceptors (Lipinski definition) is 6. The lowest BCUT2D eigenvalue weighted by atomic mass is 9.98. The molecule has 0 spiro atoms. The van der Waals surface area contributed by atoms with Gasteiger partial charge in [-0.05, 0) is 25.5 Å². The molecule has 1 aromatic carbocycles. The molecule has 0 aromatic heterocycles. The summed E-state index contributed by atoms with van der Waals surface area (Å²) in [5.41, 5.74) is 1.54. The molecule has 1 saturated heterocycles. The van der Waals surface area contributed by atoms with Gasteiger partial charge in [0.2, 0.25) is 0 Å². The van der Waals surface area contributed by atoms with Gasteiger partial charge in [-0.25, -0.2) is 0 Å². The zero-order chi connectivity index (χ0) is 18.4. The van der Waals surface area contributed by atoms with Crippen LogP contribution in [0.4, 0.5) is 0 Å². The number of benzene rings is 1. The maximum atomic E-state index is 12.2. The van der Waals surface area contributed by atoms with Crippen LogP contribution in [0.5, 0.6) is 0 Å². The van der Waals surface area contributed by atoms with Crippen molar-refractivity contribution in [1.29, 1.82) is 0 Å². The van der Waals surface area contributed by atoms with E-state index in [2.05, 4.69) is 5.32 Å². The Labute approximate surface area is 147 Å². The van der Waals surface area contributed by atoms with Gasteiger partial charge < -0.3 is 30.1 Å². The third-order valence-electron chi connectivity index (χ3n) is 4.23. The Bertz CT molecular complexity index is 549. The van der Waals surface area contributed by atoms with Gasteiger partial charge in [0.1, 0.15) is 24.4 Å². The summed E-state index contributed by atoms with van der Waals surface area (Å²) < 4.78 is 11.0. The molecule has 1 aromatic rings. The van der Waals surface area contributed by atoms with Gasteiger partial charge in [0.25, 0.3) is 5.91 Å². The van der Waals surface area contributed by atoms with Crippen molar-refractivity contribution >= 4 is 5.91 Å². The van der Waals surface area contributed by atoms with E-state index in [1.54, 1.807) is 12.1 Å². The van der Waals surface area contributed by atoms with Crippen molar-refractivity contribution < 1.29 is 29.6 Å². The van der Waals surface area contributed by atoms with Crippen molar-refractivity contribution in [2.24, 2.45) is 0 Å². The maximum Gasteiger partial charge on any atom is 0.251 e. The number of aryl methyl sites for hydroxylation is 1. The Morgan fingerprint density at radius 1 is 1.16 bits per heavy atom. The lowest BCUT2D eigenvalue weighted by molar-refractivity contribution is -0.295. The Morgan fingerprint density at radius 2 is 1.84 bits per heavy atom. The minimum atomic E-state index is -1.40. The van der Waals surface area contributed by atoms with Crippen molar-refractivity contribution in [2.45, 2.75) is 57.4 Å². The predicted molar refractivity (Wildman–Crippen MR) is 91.1 cm³/mol. The van der Waals surface area contributed by atoms with E-state index in [1.807, 2.05) is 26.0 Å². The molecule has 5 unspecified atom stereocenters. The second-order valence-corrected chi connectivity index (χ2v) is 6.32. The van der Waals surface area contributed by atoms with Gasteiger partial charge in [-0.1, -0.05) is 31.0 Å². The zero-order valence-electron chi connectivity index (χ0n) is 14.6. The van der Waals surface area contributed by atoms with Gasteiger partial charge in [0.05, 0.1) is 0 Å². The number of carbonyl (C=O) groups is 1. The van der Waals surface area contributed by atoms with E-state index in [0.29, 0.717) is 12.2 Å². The zero-order valence-corrected chi connectivity index (χ0v) is 14.6. The Morgan fingerprint density at radius 3 is 2.48 bits per heavy atom. The number of amides is 1. The molecule has 7 heteroatoms. The van der Waals surface area contributed by atoms with Gasteiger partial charge in [0.15, 0.2) is 6.29 Å². The van der Waals surface area contributed by atoms with Gasteiger partial charge in [0, 0.05) is 18.7 Å². The number of rotatable bonds is 7. The van der Waals surface area contributed by atoms with Crippen LogP contribution < -0.4 is 5.32 Å². The number of unbranched alkanes of at least 4 members (excludes halogenated alkanes) is 1. The molecular formula is C18H27NO6. The van der Waals surface area contributed by atoms with E-state index < -0.39 is 30.7 Å². The van der Waals surface area contributed by atoms with Crippen LogP contribution in [0.15, 0.2) is 24.3 Å². The fourth-order valence-electron chi connectivity index (χ4n) is 2.57. The van der Waals surface area contributed by atoms with Crippen LogP contribution in [0.1, 0.15) is 35.7 Å². The number of hydrogen-bond donors (Lipinski definition) is 4. The quantitative estimate of drug-likeness (QED) is 0.527. The van der Waals surface area contributed by atoms with Gasteiger partial charge in [-0.2, -0.15) is 0 Å². The predicted octanol–water partition coefficient (Wildman–Crippen LogP) is 0.349. The minimum Gasteiger partial charge on any atom is -0.388 e. The van der Waals surface area contributed by atoms with Gasteiger partial charge >= 0.3 is 0 Å². The highest BCUT2D eigenvalue weighted by atomic mass is 16.7. The van der Waals surface area contributed by atoms with Crippen LogP contribution in [0.3, 0.4) is 0 Å². The first-order valence-corrected chi connectivity index (χ1v) is 8.60. The summed E-state index contributed by atoms with van der Waals surface area (Å²) >= 11 is 0. The highest BCUT2D eigenvalue weighted by molar-refractivity contribution is 5.94. The van der Waals surface area contributed by atoms with Crippen molar-refractivity contribution in [3.8, 4) is 0 Å². The summed E-state index contributed by atoms with van der Waals surface area (Å²) in [6.45, 7) is 4.30. The van der Waals surface area contributed by atoms with E-state index in [0.717, 1.165) is 18.4 Å². The van der Waals surface area contributed by atoms with Crippen LogP contribution in [-0.2, 0) is 9.47 Å². The van der Waals surface area contributed by atoms with Crippen molar-refractivity contribution in [3.05, 3.63) is 35.4 Å². The topological polar surface area (TPSA) is 108 Å². The highest BCUT2D eigenvalue weighted by Crippen LogP contribution is 2.22. The largest absolute Gasteiger partial charge is 0.388 e. The molecule has 0 radical (unpaired) electrons. The Kier molecular flexibility index (Phi) is 7.34. The first kappa shape index (κ1) is 19.8. The van der Waals surface area contributed by atoms with E-state index in [-0.39, 0.29) is 12.5 Å². The van der Waals surface area contributed by atoms with Gasteiger partial charge in [-0.3, -0.25) is 4.79 Å². The lowest BCUT2D eigenvalue weighted by Crippen LogP contribution is -2.60. The second kappa shape index (κ2) is 9.26. The average Bonchev–Trinajstić information content (AvgIpc) is 2.61. The summed E-state index contributed by atoms with van der Waals surface area (Å²) in [6.07, 6.45) is -4.26. The molecular weight excluding hydrogens is 326 g/mol. The number of aliphatic hydroxyl groups is 3. The third kappa shape index (κ3) is 5.23. The van der Waals surface area contributed by atoms with E-state index >= 15 is 0 Å². The fraction of sp³-hybridized carbons (Fsp3) is 0.611. The van der Waals surface area contributed by atoms with Crippen LogP contribution in [0, 0.1) is 6.92 Å². The molecule has 7 nitrogen and oxygen atoms in total. The van der Waals surface area contributed by atoms with Crippen LogP contribution in [-0.4, -0.2) is 65.1 Å². The molecule has 1 amide bonds. The minimum absolute atomic E-state index is 0.00864. The van der Waals surface area contributed by atoms with Crippen molar-refractivity contribution in [1.82, 2.24) is 5.32 Å². The third-order valence-corrected chi connectivity index (χ3v) is 4.23. The highest BCUT2D eigenvalue weighted by Gasteiger charge is 2.44. The summed E-state index contributed by atoms with van der Waals surface area (Å²) in [7, 11) is 0. The van der Waals surface area contributed by atoms with Crippen LogP contribution in [0.25, 0.3) is 0 Å². The molecule has 1 heterocycles. The summed E-state index contributed by atoms with van der Waals surface area (Å²) in [4.78, 5) is 12.2. The maximum absolute atomic E-state index is 12.2. The first-order valence-electron chi connectivity index (χ1n) is 8.60. The van der Waals surface area contributed by atoms with Gasteiger partial charge in [-0.15, -0.1) is 0 Å². The monoisotopic (exact) mass is 353 g/mol. The van der Waals surface area contributed by atoms with E-state index in [4.69, 9.17) is 9.47 Å². The van der Waals surface area contributed by atoms with E-state index in [9.17, 15) is 20.1 Å². The van der Waals surface area contributed by atoms with E-state index in [1.165, 1.54) is 0 Å². The summed E-state index contributed by atoms with van der Waals surface area (Å²) in [6, 6.07) is 7.08. The number of carbonyl (C=O) groups excluding carboxylic acids is 1. The SMILES string of the molecule is CCCCOC1OC(CNC(=O)c2ccc(C)cc2)C(O)C(O)C1O. The smallest absolute Gasteiger partial charge is 0.251 e. The fourth-order valence-corrected chi connectivity index (χ4v) is 2.57. The summed E-state index contributed by atoms with van der Waals surface area (Å²) in [5.74, 6) is -0.306. The normalized spacial score (nSPS) is 29.4. The lowest BCUT2D eigenvalue weighted by Gasteiger charge is -2.40. The number of ether oxygens (including phenoxy) is 2. The summed E-state index contributed by atoms with van der Waals surface area (Å²) in [5, 5.41) is 32.7. The molecule has 0 aliphatic carbocycles. The van der Waals surface area contributed by atoms with Crippen LogP contribution >= 0.6 is 0 Å². The molecule has 140 valence electrons. The standard InChI is InChI=1S/C18H27NO6/c1-3-4-9-24-18-16(22)15(21)14(20)13(25-18)10-19-17(23)12-7-5-11(2)6-8-12/h5-8,13-16,18,20-22H,3-4,9-10H2,1-2H3,(H,19,23). The average molecular weight is 353 g/mol. The molecule has 5 atom stereocenters. The Hall–Kier alpha value is -1.51. The number of nitrogens with one attached hydrogen (secondary N) is 1. The van der Waals surface area contributed by atoms with Crippen molar-refractivity contribution in [3.63, 3.8) is 0 Å². The Balaban J connectivity index is 1.92. The molecule has 25 heavy (non-hydrogen) atoms. The van der Waals surface area contributed by atoms with Crippen molar-refractivity contribution in [2.75, 3.05) is 13.2 Å². The first-order chi connectivity index (χ1) is 11.9. The molecule has 1 fully saturated rings.